The number of rotatable bonds is 3. The first-order valence-corrected chi connectivity index (χ1v) is 5.69. The van der Waals surface area contributed by atoms with E-state index in [0.717, 1.165) is 0 Å². The van der Waals surface area contributed by atoms with Crippen LogP contribution < -0.4 is 22.1 Å². The van der Waals surface area contributed by atoms with Gasteiger partial charge in [0, 0.05) is 18.3 Å². The van der Waals surface area contributed by atoms with Crippen molar-refractivity contribution >= 4 is 23.8 Å². The van der Waals surface area contributed by atoms with Crippen LogP contribution in [0.3, 0.4) is 0 Å². The molecule has 1 aliphatic rings. The Kier molecular flexibility index (Phi) is 3.64. The highest BCUT2D eigenvalue weighted by atomic mass is 16.2. The number of imidazole rings is 1. The molecule has 2 atom stereocenters. The Hall–Kier alpha value is -2.91. The number of amides is 4. The van der Waals surface area contributed by atoms with E-state index < -0.39 is 29.8 Å². The number of nitrogens with two attached hydrogens (primary N) is 2. The van der Waals surface area contributed by atoms with Crippen molar-refractivity contribution < 1.29 is 14.4 Å². The van der Waals surface area contributed by atoms with Crippen LogP contribution in [0.5, 0.6) is 0 Å². The standard InChI is InChI=1S/C10H13N7O3/c11-7(18)6-5(1-4-2-13-3-14-4)15-10(16-8(6)19)17-9(12)20/h2-3,5-6H,1H2,(H2,11,18)(H,13,14)(H4,12,15,16,17,19,20)/t5?,6-/m1/s1. The number of H-pyrrole nitrogens is 1. The van der Waals surface area contributed by atoms with Gasteiger partial charge in [0.25, 0.3) is 0 Å². The molecule has 1 unspecified atom stereocenters. The summed E-state index contributed by atoms with van der Waals surface area (Å²) in [6, 6.07) is -1.62. The van der Waals surface area contributed by atoms with Crippen LogP contribution in [0.4, 0.5) is 4.79 Å². The molecule has 0 radical (unpaired) electrons. The van der Waals surface area contributed by atoms with Gasteiger partial charge < -0.3 is 16.5 Å². The van der Waals surface area contributed by atoms with Crippen LogP contribution in [0.15, 0.2) is 17.5 Å². The molecule has 106 valence electrons. The van der Waals surface area contributed by atoms with Crippen LogP contribution in [0.2, 0.25) is 0 Å². The SMILES string of the molecule is NC(=O)NC1=NC(Cc2cnc[nH]2)[C@H](C(N)=O)C(=O)N1. The molecule has 0 aromatic carbocycles. The fourth-order valence-corrected chi connectivity index (χ4v) is 1.93. The topological polar surface area (TPSA) is 168 Å². The lowest BCUT2D eigenvalue weighted by atomic mass is 9.93. The first-order valence-electron chi connectivity index (χ1n) is 5.69. The summed E-state index contributed by atoms with van der Waals surface area (Å²) in [4.78, 5) is 44.8. The molecule has 0 saturated carbocycles. The summed E-state index contributed by atoms with van der Waals surface area (Å²) >= 11 is 0. The van der Waals surface area contributed by atoms with Gasteiger partial charge in [0.1, 0.15) is 5.92 Å². The quantitative estimate of drug-likeness (QED) is 0.388. The number of carbonyl (C=O) groups excluding carboxylic acids is 3. The molecule has 20 heavy (non-hydrogen) atoms. The van der Waals surface area contributed by atoms with E-state index in [9.17, 15) is 14.4 Å². The van der Waals surface area contributed by atoms with Crippen molar-refractivity contribution in [3.63, 3.8) is 0 Å². The first kappa shape index (κ1) is 13.5. The maximum Gasteiger partial charge on any atom is 0.318 e. The van der Waals surface area contributed by atoms with E-state index in [1.54, 1.807) is 6.20 Å². The minimum absolute atomic E-state index is 0.107. The lowest BCUT2D eigenvalue weighted by Gasteiger charge is -2.26. The number of hydrogen-bond acceptors (Lipinski definition) is 5. The molecule has 4 amide bonds. The van der Waals surface area contributed by atoms with E-state index in [-0.39, 0.29) is 12.4 Å². The third-order valence-corrected chi connectivity index (χ3v) is 2.74. The largest absolute Gasteiger partial charge is 0.369 e. The molecule has 7 N–H and O–H groups in total. The molecule has 2 heterocycles. The number of carbonyl (C=O) groups is 3. The van der Waals surface area contributed by atoms with Gasteiger partial charge in [-0.3, -0.25) is 20.2 Å². The Bertz CT molecular complexity index is 565. The molecule has 0 spiro atoms. The summed E-state index contributed by atoms with van der Waals surface area (Å²) in [5, 5.41) is 4.42. The van der Waals surface area contributed by atoms with E-state index >= 15 is 0 Å². The van der Waals surface area contributed by atoms with E-state index in [1.165, 1.54) is 6.33 Å². The van der Waals surface area contributed by atoms with E-state index in [0.29, 0.717) is 5.69 Å². The van der Waals surface area contributed by atoms with Crippen molar-refractivity contribution in [1.29, 1.82) is 0 Å². The third-order valence-electron chi connectivity index (χ3n) is 2.74. The number of aliphatic imine (C=N–C) groups is 1. The molecule has 1 aromatic rings. The average molecular weight is 279 g/mol. The van der Waals surface area contributed by atoms with Gasteiger partial charge in [-0.25, -0.2) is 14.8 Å². The summed E-state index contributed by atoms with van der Waals surface area (Å²) < 4.78 is 0. The Balaban J connectivity index is 2.26. The molecule has 0 aliphatic carbocycles. The number of nitrogens with one attached hydrogen (secondary N) is 3. The van der Waals surface area contributed by atoms with Gasteiger partial charge in [0.05, 0.1) is 12.4 Å². The predicted molar refractivity (Wildman–Crippen MR) is 67.1 cm³/mol. The fraction of sp³-hybridized carbons (Fsp3) is 0.300. The van der Waals surface area contributed by atoms with Crippen LogP contribution in [-0.2, 0) is 16.0 Å². The molecular formula is C10H13N7O3. The van der Waals surface area contributed by atoms with Crippen molar-refractivity contribution in [3.05, 3.63) is 18.2 Å². The zero-order valence-electron chi connectivity index (χ0n) is 10.3. The minimum Gasteiger partial charge on any atom is -0.369 e. The molecule has 10 heteroatoms. The van der Waals surface area contributed by atoms with Crippen molar-refractivity contribution in [2.45, 2.75) is 12.5 Å². The number of nitrogens with zero attached hydrogens (tertiary/aromatic N) is 2. The highest BCUT2D eigenvalue weighted by molar-refractivity contribution is 6.12. The van der Waals surface area contributed by atoms with Crippen LogP contribution in [0.25, 0.3) is 0 Å². The van der Waals surface area contributed by atoms with Gasteiger partial charge in [-0.15, -0.1) is 0 Å². The third kappa shape index (κ3) is 2.91. The molecule has 0 fully saturated rings. The van der Waals surface area contributed by atoms with E-state index in [1.807, 2.05) is 0 Å². The number of aromatic amines is 1. The fourth-order valence-electron chi connectivity index (χ4n) is 1.93. The zero-order valence-corrected chi connectivity index (χ0v) is 10.3. The van der Waals surface area contributed by atoms with E-state index in [2.05, 4.69) is 25.6 Å². The molecule has 0 saturated heterocycles. The summed E-state index contributed by atoms with van der Waals surface area (Å²) in [6.07, 6.45) is 3.25. The Morgan fingerprint density at radius 2 is 2.15 bits per heavy atom. The summed E-state index contributed by atoms with van der Waals surface area (Å²) in [5.41, 5.74) is 10.9. The smallest absolute Gasteiger partial charge is 0.318 e. The van der Waals surface area contributed by atoms with Crippen LogP contribution in [0.1, 0.15) is 5.69 Å². The second-order valence-corrected chi connectivity index (χ2v) is 4.18. The van der Waals surface area contributed by atoms with Crippen LogP contribution in [-0.4, -0.2) is 39.8 Å². The van der Waals surface area contributed by atoms with Crippen molar-refractivity contribution in [3.8, 4) is 0 Å². The maximum atomic E-state index is 11.9. The Labute approximate surface area is 113 Å². The average Bonchev–Trinajstić information content (AvgIpc) is 2.79. The zero-order chi connectivity index (χ0) is 14.7. The lowest BCUT2D eigenvalue weighted by Crippen LogP contribution is -2.56. The van der Waals surface area contributed by atoms with Gasteiger partial charge in [0.15, 0.2) is 0 Å². The van der Waals surface area contributed by atoms with Gasteiger partial charge in [0.2, 0.25) is 17.8 Å². The number of urea groups is 1. The van der Waals surface area contributed by atoms with Gasteiger partial charge >= 0.3 is 6.03 Å². The monoisotopic (exact) mass is 279 g/mol. The normalized spacial score (nSPS) is 21.8. The second-order valence-electron chi connectivity index (χ2n) is 4.18. The molecule has 1 aromatic heterocycles. The van der Waals surface area contributed by atoms with Gasteiger partial charge in [-0.1, -0.05) is 0 Å². The first-order chi connectivity index (χ1) is 9.47. The Morgan fingerprint density at radius 1 is 1.40 bits per heavy atom. The minimum atomic E-state index is -1.13. The number of hydrogen-bond donors (Lipinski definition) is 5. The van der Waals surface area contributed by atoms with Crippen molar-refractivity contribution in [2.24, 2.45) is 22.4 Å². The molecule has 10 nitrogen and oxygen atoms in total. The maximum absolute atomic E-state index is 11.9. The summed E-state index contributed by atoms with van der Waals surface area (Å²) in [6.45, 7) is 0. The summed E-state index contributed by atoms with van der Waals surface area (Å²) in [7, 11) is 0. The number of primary amides is 2. The van der Waals surface area contributed by atoms with Crippen LogP contribution in [0, 0.1) is 5.92 Å². The Morgan fingerprint density at radius 3 is 2.70 bits per heavy atom. The van der Waals surface area contributed by atoms with Crippen molar-refractivity contribution in [2.75, 3.05) is 0 Å². The van der Waals surface area contributed by atoms with Gasteiger partial charge in [-0.2, -0.15) is 0 Å². The van der Waals surface area contributed by atoms with E-state index in [4.69, 9.17) is 11.5 Å². The second kappa shape index (κ2) is 5.38. The van der Waals surface area contributed by atoms with Crippen LogP contribution >= 0.6 is 0 Å². The summed E-state index contributed by atoms with van der Waals surface area (Å²) in [5.74, 6) is -2.67. The number of aromatic nitrogens is 2. The van der Waals surface area contributed by atoms with Gasteiger partial charge in [-0.05, 0) is 0 Å². The predicted octanol–water partition coefficient (Wildman–Crippen LogP) is -2.42. The highest BCUT2D eigenvalue weighted by Crippen LogP contribution is 2.16. The molecule has 1 aliphatic heterocycles. The number of guanidine groups is 1. The lowest BCUT2D eigenvalue weighted by molar-refractivity contribution is -0.133. The van der Waals surface area contributed by atoms with Crippen molar-refractivity contribution in [1.82, 2.24) is 20.6 Å². The highest BCUT2D eigenvalue weighted by Gasteiger charge is 2.38. The molecular weight excluding hydrogens is 266 g/mol. The molecule has 2 rings (SSSR count). The molecule has 0 bridgehead atoms.